The van der Waals surface area contributed by atoms with E-state index in [9.17, 15) is 4.79 Å². The van der Waals surface area contributed by atoms with Crippen molar-refractivity contribution in [1.82, 2.24) is 10.2 Å². The first-order chi connectivity index (χ1) is 9.77. The Morgan fingerprint density at radius 1 is 1.14 bits per heavy atom. The van der Waals surface area contributed by atoms with Crippen molar-refractivity contribution in [3.8, 4) is 11.6 Å². The Labute approximate surface area is 123 Å². The summed E-state index contributed by atoms with van der Waals surface area (Å²) < 4.78 is 5.76. The maximum Gasteiger partial charge on any atom is 0.356 e. The lowest BCUT2D eigenvalue weighted by molar-refractivity contribution is 0.0689. The third kappa shape index (κ3) is 3.56. The molecular weight excluding hydrogens is 268 g/mol. The molecule has 1 N–H and O–H groups in total. The van der Waals surface area contributed by atoms with Gasteiger partial charge in [-0.05, 0) is 24.5 Å². The minimum absolute atomic E-state index is 0.0736. The Hall–Kier alpha value is -2.43. The molecule has 0 atom stereocenters. The molecule has 1 aromatic heterocycles. The number of carboxylic acid groups (broad SMARTS) is 1. The van der Waals surface area contributed by atoms with Crippen LogP contribution in [0.15, 0.2) is 30.3 Å². The molecule has 110 valence electrons. The molecule has 0 radical (unpaired) electrons. The largest absolute Gasteiger partial charge is 0.476 e. The average molecular weight is 286 g/mol. The molecule has 0 saturated carbocycles. The molecule has 0 aliphatic heterocycles. The Morgan fingerprint density at radius 3 is 2.38 bits per heavy atom. The fourth-order valence-corrected chi connectivity index (χ4v) is 1.92. The van der Waals surface area contributed by atoms with Crippen LogP contribution in [0.3, 0.4) is 0 Å². The lowest BCUT2D eigenvalue weighted by Crippen LogP contribution is -2.13. The molecular formula is C16H18N2O3. The monoisotopic (exact) mass is 286 g/mol. The van der Waals surface area contributed by atoms with Gasteiger partial charge in [0.15, 0.2) is 5.69 Å². The predicted molar refractivity (Wildman–Crippen MR) is 78.9 cm³/mol. The SMILES string of the molecule is Cc1ccc(Oc2ccc(C(=O)O)nn2)c(C(C)(C)C)c1. The summed E-state index contributed by atoms with van der Waals surface area (Å²) in [6.07, 6.45) is 0. The van der Waals surface area contributed by atoms with E-state index in [1.807, 2.05) is 19.1 Å². The second-order valence-electron chi connectivity index (χ2n) is 5.91. The summed E-state index contributed by atoms with van der Waals surface area (Å²) in [7, 11) is 0. The van der Waals surface area contributed by atoms with Crippen molar-refractivity contribution in [1.29, 1.82) is 0 Å². The molecule has 2 aromatic rings. The van der Waals surface area contributed by atoms with Crippen molar-refractivity contribution in [2.24, 2.45) is 0 Å². The van der Waals surface area contributed by atoms with Crippen molar-refractivity contribution in [3.63, 3.8) is 0 Å². The number of aromatic carboxylic acids is 1. The van der Waals surface area contributed by atoms with Gasteiger partial charge in [0.25, 0.3) is 0 Å². The average Bonchev–Trinajstić information content (AvgIpc) is 2.40. The number of aromatic nitrogens is 2. The zero-order chi connectivity index (χ0) is 15.6. The first-order valence-electron chi connectivity index (χ1n) is 6.63. The number of aryl methyl sites for hydroxylation is 1. The van der Waals surface area contributed by atoms with Gasteiger partial charge < -0.3 is 9.84 Å². The van der Waals surface area contributed by atoms with E-state index in [0.717, 1.165) is 11.1 Å². The molecule has 5 nitrogen and oxygen atoms in total. The van der Waals surface area contributed by atoms with Crippen molar-refractivity contribution in [3.05, 3.63) is 47.2 Å². The minimum atomic E-state index is -1.11. The lowest BCUT2D eigenvalue weighted by Gasteiger charge is -2.22. The maximum atomic E-state index is 10.8. The highest BCUT2D eigenvalue weighted by atomic mass is 16.5. The summed E-state index contributed by atoms with van der Waals surface area (Å²) in [5.41, 5.74) is 2.03. The third-order valence-corrected chi connectivity index (χ3v) is 3.02. The summed E-state index contributed by atoms with van der Waals surface area (Å²) in [6, 6.07) is 8.80. The van der Waals surface area contributed by atoms with Crippen LogP contribution in [0.5, 0.6) is 11.6 Å². The molecule has 0 aliphatic carbocycles. The third-order valence-electron chi connectivity index (χ3n) is 3.02. The van der Waals surface area contributed by atoms with Gasteiger partial charge >= 0.3 is 5.97 Å². The highest BCUT2D eigenvalue weighted by molar-refractivity contribution is 5.84. The predicted octanol–water partition coefficient (Wildman–Crippen LogP) is 3.57. The first-order valence-corrected chi connectivity index (χ1v) is 6.63. The molecule has 0 amide bonds. The number of nitrogens with zero attached hydrogens (tertiary/aromatic N) is 2. The van der Waals surface area contributed by atoms with E-state index in [0.29, 0.717) is 5.75 Å². The normalized spacial score (nSPS) is 11.2. The van der Waals surface area contributed by atoms with E-state index in [-0.39, 0.29) is 17.0 Å². The number of carboxylic acids is 1. The molecule has 0 fully saturated rings. The molecule has 5 heteroatoms. The second-order valence-corrected chi connectivity index (χ2v) is 5.91. The first kappa shape index (κ1) is 15.0. The van der Waals surface area contributed by atoms with E-state index in [4.69, 9.17) is 9.84 Å². The van der Waals surface area contributed by atoms with Gasteiger partial charge in [-0.2, -0.15) is 0 Å². The molecule has 0 saturated heterocycles. The van der Waals surface area contributed by atoms with Crippen LogP contribution in [-0.4, -0.2) is 21.3 Å². The smallest absolute Gasteiger partial charge is 0.356 e. The fraction of sp³-hybridized carbons (Fsp3) is 0.312. The molecule has 0 bridgehead atoms. The number of carbonyl (C=O) groups is 1. The topological polar surface area (TPSA) is 72.3 Å². The van der Waals surface area contributed by atoms with Crippen LogP contribution < -0.4 is 4.74 Å². The van der Waals surface area contributed by atoms with Gasteiger partial charge in [0.1, 0.15) is 5.75 Å². The van der Waals surface area contributed by atoms with Crippen LogP contribution in [-0.2, 0) is 5.41 Å². The Bertz CT molecular complexity index is 658. The highest BCUT2D eigenvalue weighted by Gasteiger charge is 2.20. The van der Waals surface area contributed by atoms with Crippen molar-refractivity contribution < 1.29 is 14.6 Å². The van der Waals surface area contributed by atoms with Crippen LogP contribution in [0.1, 0.15) is 42.4 Å². The molecule has 0 unspecified atom stereocenters. The van der Waals surface area contributed by atoms with E-state index < -0.39 is 5.97 Å². The summed E-state index contributed by atoms with van der Waals surface area (Å²) >= 11 is 0. The lowest BCUT2D eigenvalue weighted by atomic mass is 9.85. The van der Waals surface area contributed by atoms with E-state index >= 15 is 0 Å². The van der Waals surface area contributed by atoms with Gasteiger partial charge in [-0.15, -0.1) is 10.2 Å². The van der Waals surface area contributed by atoms with E-state index in [1.54, 1.807) is 0 Å². The number of benzene rings is 1. The van der Waals surface area contributed by atoms with Crippen LogP contribution in [0.4, 0.5) is 0 Å². The van der Waals surface area contributed by atoms with Crippen LogP contribution in [0.2, 0.25) is 0 Å². The Balaban J connectivity index is 2.33. The molecule has 2 rings (SSSR count). The maximum absolute atomic E-state index is 10.8. The van der Waals surface area contributed by atoms with Gasteiger partial charge in [-0.1, -0.05) is 38.5 Å². The second kappa shape index (κ2) is 5.52. The zero-order valence-corrected chi connectivity index (χ0v) is 12.5. The standard InChI is InChI=1S/C16H18N2O3/c1-10-5-7-13(11(9-10)16(2,3)4)21-14-8-6-12(15(19)20)17-18-14/h5-9H,1-4H3,(H,19,20). The summed E-state index contributed by atoms with van der Waals surface area (Å²) in [5.74, 6) is -0.139. The summed E-state index contributed by atoms with van der Waals surface area (Å²) in [5, 5.41) is 16.2. The van der Waals surface area contributed by atoms with Crippen molar-refractivity contribution in [2.75, 3.05) is 0 Å². The highest BCUT2D eigenvalue weighted by Crippen LogP contribution is 2.34. The number of rotatable bonds is 3. The van der Waals surface area contributed by atoms with Crippen LogP contribution in [0, 0.1) is 6.92 Å². The number of hydrogen-bond acceptors (Lipinski definition) is 4. The van der Waals surface area contributed by atoms with Gasteiger partial charge in [0, 0.05) is 11.6 Å². The van der Waals surface area contributed by atoms with Gasteiger partial charge in [0.2, 0.25) is 5.88 Å². The quantitative estimate of drug-likeness (QED) is 0.933. The Kier molecular flexibility index (Phi) is 3.93. The number of hydrogen-bond donors (Lipinski definition) is 1. The molecule has 1 heterocycles. The van der Waals surface area contributed by atoms with Crippen molar-refractivity contribution in [2.45, 2.75) is 33.1 Å². The Morgan fingerprint density at radius 2 is 1.86 bits per heavy atom. The van der Waals surface area contributed by atoms with Gasteiger partial charge in [0.05, 0.1) is 0 Å². The minimum Gasteiger partial charge on any atom is -0.476 e. The van der Waals surface area contributed by atoms with Crippen LogP contribution in [0.25, 0.3) is 0 Å². The van der Waals surface area contributed by atoms with Gasteiger partial charge in [-0.25, -0.2) is 4.79 Å². The summed E-state index contributed by atoms with van der Waals surface area (Å²) in [6.45, 7) is 8.34. The molecule has 21 heavy (non-hydrogen) atoms. The van der Waals surface area contributed by atoms with Crippen LogP contribution >= 0.6 is 0 Å². The van der Waals surface area contributed by atoms with E-state index in [2.05, 4.69) is 37.0 Å². The molecule has 1 aromatic carbocycles. The summed E-state index contributed by atoms with van der Waals surface area (Å²) in [4.78, 5) is 10.8. The molecule has 0 aliphatic rings. The fourth-order valence-electron chi connectivity index (χ4n) is 1.92. The van der Waals surface area contributed by atoms with Gasteiger partial charge in [-0.3, -0.25) is 0 Å². The van der Waals surface area contributed by atoms with E-state index in [1.165, 1.54) is 12.1 Å². The molecule has 0 spiro atoms. The van der Waals surface area contributed by atoms with Crippen molar-refractivity contribution >= 4 is 5.97 Å². The zero-order valence-electron chi connectivity index (χ0n) is 12.5. The number of ether oxygens (including phenoxy) is 1.